The summed E-state index contributed by atoms with van der Waals surface area (Å²) in [5.74, 6) is 0.736. The normalized spacial score (nSPS) is 14.6. The molecule has 1 heterocycles. The van der Waals surface area contributed by atoms with Crippen molar-refractivity contribution in [1.82, 2.24) is 10.3 Å². The fourth-order valence-electron chi connectivity index (χ4n) is 1.28. The third-order valence-electron chi connectivity index (χ3n) is 2.40. The molecule has 0 fully saturated rings. The summed E-state index contributed by atoms with van der Waals surface area (Å²) in [7, 11) is 0. The van der Waals surface area contributed by atoms with Gasteiger partial charge >= 0.3 is 0 Å². The van der Waals surface area contributed by atoms with Crippen molar-refractivity contribution in [2.75, 3.05) is 18.9 Å². The standard InChI is InChI=1S/C12H19ClN2OS/c1-3-6-15-12(2,8-16)9-17-11-10(13)5-4-7-14-11/h4-5,7,15-16H,3,6,8-9H2,1-2H3. The smallest absolute Gasteiger partial charge is 0.115 e. The Balaban J connectivity index is 2.55. The van der Waals surface area contributed by atoms with Gasteiger partial charge in [-0.1, -0.05) is 18.5 Å². The second-order valence-corrected chi connectivity index (χ2v) is 5.60. The van der Waals surface area contributed by atoms with Crippen molar-refractivity contribution in [1.29, 1.82) is 0 Å². The maximum absolute atomic E-state index is 9.43. The number of pyridine rings is 1. The zero-order valence-corrected chi connectivity index (χ0v) is 11.8. The van der Waals surface area contributed by atoms with Crippen LogP contribution in [-0.4, -0.2) is 34.5 Å². The minimum absolute atomic E-state index is 0.102. The highest BCUT2D eigenvalue weighted by Gasteiger charge is 2.23. The molecule has 0 amide bonds. The van der Waals surface area contributed by atoms with E-state index in [-0.39, 0.29) is 12.1 Å². The molecule has 0 aliphatic carbocycles. The van der Waals surface area contributed by atoms with E-state index < -0.39 is 0 Å². The molecule has 1 atom stereocenters. The van der Waals surface area contributed by atoms with Crippen molar-refractivity contribution < 1.29 is 5.11 Å². The molecular formula is C12H19ClN2OS. The van der Waals surface area contributed by atoms with Gasteiger partial charge in [-0.05, 0) is 32.0 Å². The summed E-state index contributed by atoms with van der Waals surface area (Å²) >= 11 is 7.60. The highest BCUT2D eigenvalue weighted by molar-refractivity contribution is 7.99. The van der Waals surface area contributed by atoms with E-state index >= 15 is 0 Å². The molecular weight excluding hydrogens is 256 g/mol. The molecule has 5 heteroatoms. The van der Waals surface area contributed by atoms with E-state index in [4.69, 9.17) is 11.6 Å². The summed E-state index contributed by atoms with van der Waals surface area (Å²) in [4.78, 5) is 4.22. The first kappa shape index (κ1) is 14.8. The van der Waals surface area contributed by atoms with Gasteiger partial charge in [0.15, 0.2) is 0 Å². The number of nitrogens with zero attached hydrogens (tertiary/aromatic N) is 1. The number of aliphatic hydroxyl groups is 1. The second-order valence-electron chi connectivity index (χ2n) is 4.22. The summed E-state index contributed by atoms with van der Waals surface area (Å²) in [6, 6.07) is 3.64. The molecule has 0 aromatic carbocycles. The Morgan fingerprint density at radius 1 is 1.59 bits per heavy atom. The zero-order valence-electron chi connectivity index (χ0n) is 10.2. The van der Waals surface area contributed by atoms with E-state index in [1.54, 1.807) is 18.0 Å². The van der Waals surface area contributed by atoms with Crippen LogP contribution in [0, 0.1) is 0 Å². The first-order valence-electron chi connectivity index (χ1n) is 5.70. The fourth-order valence-corrected chi connectivity index (χ4v) is 2.56. The molecule has 96 valence electrons. The maximum Gasteiger partial charge on any atom is 0.115 e. The molecule has 0 aliphatic rings. The van der Waals surface area contributed by atoms with E-state index in [1.165, 1.54) is 0 Å². The van der Waals surface area contributed by atoms with E-state index in [2.05, 4.69) is 17.2 Å². The lowest BCUT2D eigenvalue weighted by atomic mass is 10.1. The van der Waals surface area contributed by atoms with Crippen molar-refractivity contribution in [3.05, 3.63) is 23.4 Å². The molecule has 1 rings (SSSR count). The topological polar surface area (TPSA) is 45.1 Å². The van der Waals surface area contributed by atoms with E-state index in [0.29, 0.717) is 5.02 Å². The van der Waals surface area contributed by atoms with Crippen molar-refractivity contribution in [3.8, 4) is 0 Å². The predicted octanol–water partition coefficient (Wildman–Crippen LogP) is 2.58. The summed E-state index contributed by atoms with van der Waals surface area (Å²) in [6.45, 7) is 5.11. The van der Waals surface area contributed by atoms with Crippen LogP contribution in [0.3, 0.4) is 0 Å². The summed E-state index contributed by atoms with van der Waals surface area (Å²) in [5, 5.41) is 14.2. The quantitative estimate of drug-likeness (QED) is 0.750. The van der Waals surface area contributed by atoms with Crippen LogP contribution in [0.1, 0.15) is 20.3 Å². The Labute approximate surface area is 112 Å². The van der Waals surface area contributed by atoms with Gasteiger partial charge in [0, 0.05) is 17.5 Å². The number of halogens is 1. The Morgan fingerprint density at radius 2 is 2.35 bits per heavy atom. The van der Waals surface area contributed by atoms with Crippen LogP contribution in [0.15, 0.2) is 23.4 Å². The van der Waals surface area contributed by atoms with Crippen LogP contribution in [0.25, 0.3) is 0 Å². The lowest BCUT2D eigenvalue weighted by Crippen LogP contribution is -2.48. The van der Waals surface area contributed by atoms with Gasteiger partial charge in [-0.2, -0.15) is 0 Å². The van der Waals surface area contributed by atoms with E-state index in [9.17, 15) is 5.11 Å². The number of hydrogen-bond donors (Lipinski definition) is 2. The SMILES string of the molecule is CCCNC(C)(CO)CSc1ncccc1Cl. The highest BCUT2D eigenvalue weighted by Crippen LogP contribution is 2.26. The molecule has 0 aliphatic heterocycles. The largest absolute Gasteiger partial charge is 0.394 e. The van der Waals surface area contributed by atoms with Gasteiger partial charge in [-0.3, -0.25) is 0 Å². The van der Waals surface area contributed by atoms with Crippen LogP contribution in [-0.2, 0) is 0 Å². The Kier molecular flexibility index (Phi) is 6.27. The van der Waals surface area contributed by atoms with Crippen molar-refractivity contribution in [3.63, 3.8) is 0 Å². The van der Waals surface area contributed by atoms with E-state index in [0.717, 1.165) is 23.7 Å². The monoisotopic (exact) mass is 274 g/mol. The molecule has 0 saturated carbocycles. The van der Waals surface area contributed by atoms with E-state index in [1.807, 2.05) is 19.1 Å². The first-order valence-corrected chi connectivity index (χ1v) is 7.07. The number of aliphatic hydroxyl groups excluding tert-OH is 1. The lowest BCUT2D eigenvalue weighted by molar-refractivity contribution is 0.192. The molecule has 0 bridgehead atoms. The minimum atomic E-state index is -0.290. The van der Waals surface area contributed by atoms with Gasteiger partial charge in [-0.25, -0.2) is 4.98 Å². The third kappa shape index (κ3) is 4.84. The molecule has 1 aromatic heterocycles. The molecule has 0 spiro atoms. The number of nitrogens with one attached hydrogen (secondary N) is 1. The predicted molar refractivity (Wildman–Crippen MR) is 73.8 cm³/mol. The fraction of sp³-hybridized carbons (Fsp3) is 0.583. The molecule has 0 radical (unpaired) electrons. The molecule has 1 aromatic rings. The molecule has 2 N–H and O–H groups in total. The van der Waals surface area contributed by atoms with Gasteiger partial charge in [0.2, 0.25) is 0 Å². The average molecular weight is 275 g/mol. The third-order valence-corrected chi connectivity index (χ3v) is 4.20. The van der Waals surface area contributed by atoms with Crippen LogP contribution >= 0.6 is 23.4 Å². The van der Waals surface area contributed by atoms with Gasteiger partial charge < -0.3 is 10.4 Å². The minimum Gasteiger partial charge on any atom is -0.394 e. The molecule has 3 nitrogen and oxygen atoms in total. The van der Waals surface area contributed by atoms with Crippen LogP contribution in [0.5, 0.6) is 0 Å². The van der Waals surface area contributed by atoms with Gasteiger partial charge in [-0.15, -0.1) is 11.8 Å². The van der Waals surface area contributed by atoms with Crippen molar-refractivity contribution >= 4 is 23.4 Å². The van der Waals surface area contributed by atoms with Crippen molar-refractivity contribution in [2.45, 2.75) is 30.8 Å². The second kappa shape index (κ2) is 7.21. The summed E-state index contributed by atoms with van der Waals surface area (Å²) in [5.41, 5.74) is -0.290. The molecule has 0 saturated heterocycles. The van der Waals surface area contributed by atoms with Crippen LogP contribution in [0.2, 0.25) is 5.02 Å². The number of rotatable bonds is 7. The van der Waals surface area contributed by atoms with Gasteiger partial charge in [0.25, 0.3) is 0 Å². The van der Waals surface area contributed by atoms with Gasteiger partial charge in [0.05, 0.1) is 11.6 Å². The zero-order chi connectivity index (χ0) is 12.7. The Bertz CT molecular complexity index is 351. The lowest BCUT2D eigenvalue weighted by Gasteiger charge is -2.28. The molecule has 1 unspecified atom stereocenters. The number of thioether (sulfide) groups is 1. The summed E-state index contributed by atoms with van der Waals surface area (Å²) in [6.07, 6.45) is 2.77. The average Bonchev–Trinajstić information content (AvgIpc) is 2.35. The summed E-state index contributed by atoms with van der Waals surface area (Å²) < 4.78 is 0. The number of hydrogen-bond acceptors (Lipinski definition) is 4. The number of aromatic nitrogens is 1. The first-order chi connectivity index (χ1) is 8.11. The van der Waals surface area contributed by atoms with Crippen LogP contribution in [0.4, 0.5) is 0 Å². The highest BCUT2D eigenvalue weighted by atomic mass is 35.5. The molecule has 17 heavy (non-hydrogen) atoms. The Morgan fingerprint density at radius 3 is 2.94 bits per heavy atom. The maximum atomic E-state index is 9.43. The van der Waals surface area contributed by atoms with Crippen molar-refractivity contribution in [2.24, 2.45) is 0 Å². The Hall–Kier alpha value is -0.290. The van der Waals surface area contributed by atoms with Crippen LogP contribution < -0.4 is 5.32 Å². The van der Waals surface area contributed by atoms with Gasteiger partial charge in [0.1, 0.15) is 5.03 Å².